The van der Waals surface area contributed by atoms with Crippen molar-refractivity contribution in [2.75, 3.05) is 10.6 Å². The number of nitrogens with one attached hydrogen (secondary N) is 2. The molecule has 0 spiro atoms. The summed E-state index contributed by atoms with van der Waals surface area (Å²) >= 11 is 0. The van der Waals surface area contributed by atoms with Crippen molar-refractivity contribution >= 4 is 17.3 Å². The molecular formula is C18H20N2O. The zero-order valence-corrected chi connectivity index (χ0v) is 12.4. The van der Waals surface area contributed by atoms with Crippen LogP contribution in [0.3, 0.4) is 0 Å². The maximum absolute atomic E-state index is 12.4. The highest BCUT2D eigenvalue weighted by molar-refractivity contribution is 5.97. The zero-order chi connectivity index (χ0) is 14.8. The molecule has 2 N–H and O–H groups in total. The van der Waals surface area contributed by atoms with Crippen LogP contribution in [0.1, 0.15) is 23.1 Å². The lowest BCUT2D eigenvalue weighted by atomic mass is 9.97. The first-order valence-corrected chi connectivity index (χ1v) is 7.36. The highest BCUT2D eigenvalue weighted by Crippen LogP contribution is 2.25. The second kappa shape index (κ2) is 5.60. The van der Waals surface area contributed by atoms with Crippen LogP contribution in [0.4, 0.5) is 11.4 Å². The number of para-hydroxylation sites is 1. The Morgan fingerprint density at radius 1 is 1.19 bits per heavy atom. The Morgan fingerprint density at radius 3 is 2.81 bits per heavy atom. The molecule has 1 atom stereocenters. The fraction of sp³-hybridized carbons (Fsp3) is 0.278. The van der Waals surface area contributed by atoms with Crippen molar-refractivity contribution in [3.05, 3.63) is 59.2 Å². The number of hydrogen-bond acceptors (Lipinski definition) is 2. The van der Waals surface area contributed by atoms with Gasteiger partial charge in [-0.2, -0.15) is 0 Å². The summed E-state index contributed by atoms with van der Waals surface area (Å²) in [6, 6.07) is 14.1. The molecule has 0 aliphatic carbocycles. The van der Waals surface area contributed by atoms with Gasteiger partial charge < -0.3 is 10.6 Å². The molecule has 1 aliphatic rings. The van der Waals surface area contributed by atoms with Gasteiger partial charge in [0.2, 0.25) is 5.91 Å². The van der Waals surface area contributed by atoms with Crippen LogP contribution >= 0.6 is 0 Å². The molecule has 0 saturated carbocycles. The SMILES string of the molecule is Cc1ccc(NC(=O)C2CCc3ccccc3N2)c(C)c1. The van der Waals surface area contributed by atoms with Gasteiger partial charge in [0.25, 0.3) is 0 Å². The fourth-order valence-corrected chi connectivity index (χ4v) is 2.81. The lowest BCUT2D eigenvalue weighted by Gasteiger charge is -2.26. The Hall–Kier alpha value is -2.29. The third kappa shape index (κ3) is 2.92. The van der Waals surface area contributed by atoms with E-state index in [4.69, 9.17) is 0 Å². The van der Waals surface area contributed by atoms with Gasteiger partial charge in [0, 0.05) is 11.4 Å². The Morgan fingerprint density at radius 2 is 2.00 bits per heavy atom. The summed E-state index contributed by atoms with van der Waals surface area (Å²) in [5, 5.41) is 6.37. The summed E-state index contributed by atoms with van der Waals surface area (Å²) in [6.45, 7) is 4.07. The molecule has 1 unspecified atom stereocenters. The zero-order valence-electron chi connectivity index (χ0n) is 12.4. The van der Waals surface area contributed by atoms with Gasteiger partial charge in [0.1, 0.15) is 6.04 Å². The van der Waals surface area contributed by atoms with E-state index in [1.54, 1.807) is 0 Å². The molecule has 1 heterocycles. The van der Waals surface area contributed by atoms with E-state index in [0.717, 1.165) is 29.8 Å². The summed E-state index contributed by atoms with van der Waals surface area (Å²) in [5.41, 5.74) is 5.55. The maximum atomic E-state index is 12.4. The number of fused-ring (bicyclic) bond motifs is 1. The molecule has 0 bridgehead atoms. The first-order valence-electron chi connectivity index (χ1n) is 7.36. The molecule has 1 amide bonds. The van der Waals surface area contributed by atoms with Crippen molar-refractivity contribution in [2.45, 2.75) is 32.7 Å². The first kappa shape index (κ1) is 13.7. The lowest BCUT2D eigenvalue weighted by Crippen LogP contribution is -2.37. The molecule has 3 nitrogen and oxygen atoms in total. The molecule has 0 saturated heterocycles. The lowest BCUT2D eigenvalue weighted by molar-refractivity contribution is -0.117. The Labute approximate surface area is 125 Å². The summed E-state index contributed by atoms with van der Waals surface area (Å²) in [5.74, 6) is 0.0384. The van der Waals surface area contributed by atoms with Gasteiger partial charge in [0.15, 0.2) is 0 Å². The van der Waals surface area contributed by atoms with Crippen molar-refractivity contribution in [1.82, 2.24) is 0 Å². The van der Waals surface area contributed by atoms with E-state index in [1.807, 2.05) is 37.3 Å². The minimum absolute atomic E-state index is 0.0384. The number of anilines is 2. The van der Waals surface area contributed by atoms with Gasteiger partial charge in [-0.3, -0.25) is 4.79 Å². The van der Waals surface area contributed by atoms with Crippen molar-refractivity contribution in [3.8, 4) is 0 Å². The summed E-state index contributed by atoms with van der Waals surface area (Å²) < 4.78 is 0. The number of benzene rings is 2. The third-order valence-electron chi connectivity index (χ3n) is 4.01. The number of amides is 1. The normalized spacial score (nSPS) is 16.8. The minimum atomic E-state index is -0.166. The molecule has 2 aromatic rings. The number of carbonyl (C=O) groups is 1. The molecule has 3 rings (SSSR count). The topological polar surface area (TPSA) is 41.1 Å². The van der Waals surface area contributed by atoms with Crippen molar-refractivity contribution in [3.63, 3.8) is 0 Å². The summed E-state index contributed by atoms with van der Waals surface area (Å²) in [4.78, 5) is 12.4. The number of rotatable bonds is 2. The van der Waals surface area contributed by atoms with E-state index in [1.165, 1.54) is 11.1 Å². The van der Waals surface area contributed by atoms with E-state index >= 15 is 0 Å². The number of carbonyl (C=O) groups excluding carboxylic acids is 1. The minimum Gasteiger partial charge on any atom is -0.373 e. The van der Waals surface area contributed by atoms with Gasteiger partial charge in [-0.1, -0.05) is 35.9 Å². The first-order chi connectivity index (χ1) is 10.1. The van der Waals surface area contributed by atoms with Crippen LogP contribution in [0.25, 0.3) is 0 Å². The average molecular weight is 280 g/mol. The molecule has 1 aliphatic heterocycles. The van der Waals surface area contributed by atoms with Gasteiger partial charge in [-0.25, -0.2) is 0 Å². The molecular weight excluding hydrogens is 260 g/mol. The van der Waals surface area contributed by atoms with Crippen LogP contribution in [0, 0.1) is 13.8 Å². The Balaban J connectivity index is 1.72. The average Bonchev–Trinajstić information content (AvgIpc) is 2.49. The maximum Gasteiger partial charge on any atom is 0.246 e. The molecule has 0 fully saturated rings. The summed E-state index contributed by atoms with van der Waals surface area (Å²) in [6.07, 6.45) is 1.77. The monoisotopic (exact) mass is 280 g/mol. The highest BCUT2D eigenvalue weighted by Gasteiger charge is 2.23. The molecule has 0 aromatic heterocycles. The Kier molecular flexibility index (Phi) is 3.65. The van der Waals surface area contributed by atoms with E-state index in [2.05, 4.69) is 29.7 Å². The van der Waals surface area contributed by atoms with Crippen LogP contribution in [0.15, 0.2) is 42.5 Å². The number of aryl methyl sites for hydroxylation is 3. The smallest absolute Gasteiger partial charge is 0.246 e. The van der Waals surface area contributed by atoms with Crippen LogP contribution < -0.4 is 10.6 Å². The second-order valence-corrected chi connectivity index (χ2v) is 5.70. The second-order valence-electron chi connectivity index (χ2n) is 5.70. The molecule has 21 heavy (non-hydrogen) atoms. The summed E-state index contributed by atoms with van der Waals surface area (Å²) in [7, 11) is 0. The van der Waals surface area contributed by atoms with E-state index < -0.39 is 0 Å². The molecule has 0 radical (unpaired) electrons. The Bertz CT molecular complexity index is 679. The van der Waals surface area contributed by atoms with Gasteiger partial charge in [0.05, 0.1) is 0 Å². The van der Waals surface area contributed by atoms with Crippen LogP contribution in [0.5, 0.6) is 0 Å². The van der Waals surface area contributed by atoms with Crippen molar-refractivity contribution < 1.29 is 4.79 Å². The quantitative estimate of drug-likeness (QED) is 0.881. The van der Waals surface area contributed by atoms with Crippen molar-refractivity contribution in [2.24, 2.45) is 0 Å². The molecule has 3 heteroatoms. The third-order valence-corrected chi connectivity index (χ3v) is 4.01. The van der Waals surface area contributed by atoms with Crippen LogP contribution in [0.2, 0.25) is 0 Å². The van der Waals surface area contributed by atoms with E-state index in [0.29, 0.717) is 0 Å². The predicted molar refractivity (Wildman–Crippen MR) is 86.7 cm³/mol. The molecule has 108 valence electrons. The fourth-order valence-electron chi connectivity index (χ4n) is 2.81. The van der Waals surface area contributed by atoms with Gasteiger partial charge >= 0.3 is 0 Å². The van der Waals surface area contributed by atoms with Crippen LogP contribution in [-0.2, 0) is 11.2 Å². The molecule has 2 aromatic carbocycles. The van der Waals surface area contributed by atoms with E-state index in [9.17, 15) is 4.79 Å². The van der Waals surface area contributed by atoms with Gasteiger partial charge in [-0.15, -0.1) is 0 Å². The highest BCUT2D eigenvalue weighted by atomic mass is 16.2. The number of hydrogen-bond donors (Lipinski definition) is 2. The van der Waals surface area contributed by atoms with Crippen molar-refractivity contribution in [1.29, 1.82) is 0 Å². The van der Waals surface area contributed by atoms with Gasteiger partial charge in [-0.05, 0) is 49.9 Å². The standard InChI is InChI=1S/C18H20N2O/c1-12-7-9-15(13(2)11-12)20-18(21)17-10-8-14-5-3-4-6-16(14)19-17/h3-7,9,11,17,19H,8,10H2,1-2H3,(H,20,21). The van der Waals surface area contributed by atoms with Crippen LogP contribution in [-0.4, -0.2) is 11.9 Å². The largest absolute Gasteiger partial charge is 0.373 e. The predicted octanol–water partition coefficient (Wildman–Crippen LogP) is 3.67. The van der Waals surface area contributed by atoms with E-state index in [-0.39, 0.29) is 11.9 Å².